The molecular formula is C29H27B. The first-order valence-electron chi connectivity index (χ1n) is 10.8. The van der Waals surface area contributed by atoms with E-state index in [0.29, 0.717) is 0 Å². The molecule has 4 aromatic rings. The molecule has 0 unspecified atom stereocenters. The summed E-state index contributed by atoms with van der Waals surface area (Å²) >= 11 is 0. The van der Waals surface area contributed by atoms with E-state index in [0.717, 1.165) is 0 Å². The summed E-state index contributed by atoms with van der Waals surface area (Å²) in [6.45, 7) is 9.31. The van der Waals surface area contributed by atoms with Gasteiger partial charge in [-0.2, -0.15) is 0 Å². The van der Waals surface area contributed by atoms with E-state index >= 15 is 0 Å². The molecule has 30 heavy (non-hydrogen) atoms. The van der Waals surface area contributed by atoms with Gasteiger partial charge in [0.25, 0.3) is 0 Å². The van der Waals surface area contributed by atoms with E-state index in [4.69, 9.17) is 0 Å². The zero-order chi connectivity index (χ0) is 20.9. The fraction of sp³-hybridized carbons (Fsp3) is 0.172. The van der Waals surface area contributed by atoms with Gasteiger partial charge in [-0.25, -0.2) is 0 Å². The quantitative estimate of drug-likeness (QED) is 0.354. The largest absolute Gasteiger partial charge is 0.242 e. The highest BCUT2D eigenvalue weighted by molar-refractivity contribution is 6.99. The zero-order valence-electron chi connectivity index (χ0n) is 18.2. The SMILES string of the molecule is Cc1cccc(-c2cccc(B3c4ccccc4-c4cc(C(C)(C)C)ccc43)c2)c1. The van der Waals surface area contributed by atoms with E-state index in [2.05, 4.69) is 119 Å². The summed E-state index contributed by atoms with van der Waals surface area (Å²) in [5.74, 6) is 0. The first-order valence-corrected chi connectivity index (χ1v) is 10.8. The highest BCUT2D eigenvalue weighted by Gasteiger charge is 2.34. The van der Waals surface area contributed by atoms with Crippen molar-refractivity contribution in [3.05, 3.63) is 102 Å². The van der Waals surface area contributed by atoms with Gasteiger partial charge in [0.05, 0.1) is 0 Å². The van der Waals surface area contributed by atoms with Gasteiger partial charge in [0, 0.05) is 0 Å². The molecule has 1 heterocycles. The predicted octanol–water partition coefficient (Wildman–Crippen LogP) is 5.46. The van der Waals surface area contributed by atoms with Crippen molar-refractivity contribution in [2.45, 2.75) is 33.1 Å². The maximum absolute atomic E-state index is 2.42. The molecule has 0 saturated carbocycles. The van der Waals surface area contributed by atoms with Crippen LogP contribution in [0.1, 0.15) is 31.9 Å². The molecule has 0 amide bonds. The topological polar surface area (TPSA) is 0 Å². The van der Waals surface area contributed by atoms with Gasteiger partial charge in [-0.1, -0.05) is 134 Å². The number of aryl methyl sites for hydroxylation is 1. The van der Waals surface area contributed by atoms with Crippen molar-refractivity contribution in [2.24, 2.45) is 0 Å². The van der Waals surface area contributed by atoms with E-state index in [9.17, 15) is 0 Å². The van der Waals surface area contributed by atoms with E-state index in [1.807, 2.05) is 0 Å². The lowest BCUT2D eigenvalue weighted by molar-refractivity contribution is 0.590. The fourth-order valence-electron chi connectivity index (χ4n) is 4.75. The Balaban J connectivity index is 1.67. The number of hydrogen-bond acceptors (Lipinski definition) is 0. The van der Waals surface area contributed by atoms with Gasteiger partial charge in [-0.15, -0.1) is 0 Å². The van der Waals surface area contributed by atoms with Crippen molar-refractivity contribution in [1.29, 1.82) is 0 Å². The molecule has 1 aliphatic heterocycles. The molecule has 1 heteroatoms. The lowest BCUT2D eigenvalue weighted by Crippen LogP contribution is -2.48. The molecule has 4 aromatic carbocycles. The molecule has 0 saturated heterocycles. The third kappa shape index (κ3) is 3.19. The average Bonchev–Trinajstić information content (AvgIpc) is 3.07. The van der Waals surface area contributed by atoms with Gasteiger partial charge < -0.3 is 0 Å². The zero-order valence-corrected chi connectivity index (χ0v) is 18.2. The molecule has 0 spiro atoms. The smallest absolute Gasteiger partial charge is 0.0680 e. The normalized spacial score (nSPS) is 12.6. The van der Waals surface area contributed by atoms with Crippen LogP contribution in [0.2, 0.25) is 0 Å². The van der Waals surface area contributed by atoms with Gasteiger partial charge in [0.1, 0.15) is 0 Å². The third-order valence-electron chi connectivity index (χ3n) is 6.36. The second-order valence-corrected chi connectivity index (χ2v) is 9.57. The van der Waals surface area contributed by atoms with Gasteiger partial charge in [-0.3, -0.25) is 0 Å². The lowest BCUT2D eigenvalue weighted by atomic mass is 9.39. The van der Waals surface area contributed by atoms with Crippen LogP contribution >= 0.6 is 0 Å². The highest BCUT2D eigenvalue weighted by Crippen LogP contribution is 2.29. The van der Waals surface area contributed by atoms with E-state index in [-0.39, 0.29) is 12.1 Å². The Hall–Kier alpha value is -3.06. The Morgan fingerprint density at radius 2 is 1.30 bits per heavy atom. The second-order valence-electron chi connectivity index (χ2n) is 9.57. The van der Waals surface area contributed by atoms with Crippen LogP contribution in [-0.4, -0.2) is 6.71 Å². The summed E-state index contributed by atoms with van der Waals surface area (Å²) in [4.78, 5) is 0. The van der Waals surface area contributed by atoms with Gasteiger partial charge in [-0.05, 0) is 40.2 Å². The average molecular weight is 386 g/mol. The van der Waals surface area contributed by atoms with Crippen LogP contribution in [0.4, 0.5) is 0 Å². The maximum Gasteiger partial charge on any atom is 0.242 e. The standard InChI is InChI=1S/C29H27B/c1-20-9-7-10-21(17-20)22-11-8-12-24(18-22)30-27-14-6-5-13-25(27)26-19-23(29(2,3)4)15-16-28(26)30/h5-19H,1-4H3. The number of fused-ring (bicyclic) bond motifs is 3. The number of rotatable bonds is 2. The summed E-state index contributed by atoms with van der Waals surface area (Å²) in [5.41, 5.74) is 12.4. The molecular weight excluding hydrogens is 359 g/mol. The third-order valence-corrected chi connectivity index (χ3v) is 6.36. The Morgan fingerprint density at radius 3 is 2.07 bits per heavy atom. The summed E-state index contributed by atoms with van der Waals surface area (Å²) < 4.78 is 0. The van der Waals surface area contributed by atoms with Crippen molar-refractivity contribution in [1.82, 2.24) is 0 Å². The minimum atomic E-state index is 0.146. The van der Waals surface area contributed by atoms with Crippen molar-refractivity contribution in [3.63, 3.8) is 0 Å². The van der Waals surface area contributed by atoms with Crippen molar-refractivity contribution >= 4 is 23.1 Å². The Morgan fingerprint density at radius 1 is 0.600 bits per heavy atom. The first-order chi connectivity index (χ1) is 14.4. The summed E-state index contributed by atoms with van der Waals surface area (Å²) in [6.07, 6.45) is 0. The Labute approximate surface area is 180 Å². The lowest BCUT2D eigenvalue weighted by Gasteiger charge is -2.20. The molecule has 0 aromatic heterocycles. The molecule has 5 rings (SSSR count). The van der Waals surface area contributed by atoms with Crippen LogP contribution < -0.4 is 16.4 Å². The number of hydrogen-bond donors (Lipinski definition) is 0. The molecule has 1 aliphatic rings. The minimum Gasteiger partial charge on any atom is -0.0680 e. The molecule has 0 radical (unpaired) electrons. The first kappa shape index (κ1) is 18.9. The molecule has 0 bridgehead atoms. The summed E-state index contributed by atoms with van der Waals surface area (Å²) in [7, 11) is 0. The van der Waals surface area contributed by atoms with Crippen molar-refractivity contribution < 1.29 is 0 Å². The monoisotopic (exact) mass is 386 g/mol. The van der Waals surface area contributed by atoms with Crippen molar-refractivity contribution in [2.75, 3.05) is 0 Å². The molecule has 0 N–H and O–H groups in total. The second kappa shape index (κ2) is 7.02. The minimum absolute atomic E-state index is 0.146. The van der Waals surface area contributed by atoms with Crippen molar-refractivity contribution in [3.8, 4) is 22.3 Å². The van der Waals surface area contributed by atoms with Crippen LogP contribution in [0.25, 0.3) is 22.3 Å². The predicted molar refractivity (Wildman–Crippen MR) is 132 cm³/mol. The van der Waals surface area contributed by atoms with E-state index < -0.39 is 0 Å². The maximum atomic E-state index is 2.42. The molecule has 0 fully saturated rings. The summed E-state index contributed by atoms with van der Waals surface area (Å²) in [6, 6.07) is 33.9. The van der Waals surface area contributed by atoms with Gasteiger partial charge in [0.2, 0.25) is 6.71 Å². The number of benzene rings is 4. The Kier molecular flexibility index (Phi) is 4.43. The highest BCUT2D eigenvalue weighted by atomic mass is 14.2. The Bertz CT molecular complexity index is 1240. The molecule has 0 atom stereocenters. The van der Waals surface area contributed by atoms with E-state index in [1.54, 1.807) is 0 Å². The molecule has 0 nitrogen and oxygen atoms in total. The molecule has 0 aliphatic carbocycles. The van der Waals surface area contributed by atoms with Gasteiger partial charge >= 0.3 is 0 Å². The van der Waals surface area contributed by atoms with E-state index in [1.165, 1.54) is 49.8 Å². The van der Waals surface area contributed by atoms with Crippen LogP contribution in [-0.2, 0) is 5.41 Å². The fourth-order valence-corrected chi connectivity index (χ4v) is 4.75. The molecule has 146 valence electrons. The van der Waals surface area contributed by atoms with Crippen LogP contribution in [0.3, 0.4) is 0 Å². The van der Waals surface area contributed by atoms with Crippen LogP contribution in [0.5, 0.6) is 0 Å². The van der Waals surface area contributed by atoms with Gasteiger partial charge in [0.15, 0.2) is 0 Å². The van der Waals surface area contributed by atoms with Crippen LogP contribution in [0.15, 0.2) is 91.0 Å². The summed E-state index contributed by atoms with van der Waals surface area (Å²) in [5, 5.41) is 0. The van der Waals surface area contributed by atoms with Crippen LogP contribution in [0, 0.1) is 6.92 Å².